The van der Waals surface area contributed by atoms with E-state index in [1.165, 1.54) is 4.88 Å². The van der Waals surface area contributed by atoms with Gasteiger partial charge < -0.3 is 5.32 Å². The Bertz CT molecular complexity index is 1040. The molecule has 7 heteroatoms. The van der Waals surface area contributed by atoms with E-state index in [0.717, 1.165) is 27.6 Å². The molecule has 1 aromatic carbocycles. The van der Waals surface area contributed by atoms with Crippen LogP contribution in [0.2, 0.25) is 0 Å². The lowest BCUT2D eigenvalue weighted by Crippen LogP contribution is -2.10. The van der Waals surface area contributed by atoms with Crippen molar-refractivity contribution in [2.45, 2.75) is 26.8 Å². The van der Waals surface area contributed by atoms with Gasteiger partial charge in [0.15, 0.2) is 0 Å². The Labute approximate surface area is 151 Å². The molecule has 0 bridgehead atoms. The molecule has 0 spiro atoms. The first-order valence-corrected chi connectivity index (χ1v) is 8.89. The highest BCUT2D eigenvalue weighted by atomic mass is 32.1. The number of thiazole rings is 1. The molecule has 0 fully saturated rings. The third kappa shape index (κ3) is 2.98. The van der Waals surface area contributed by atoms with Crippen LogP contribution in [-0.4, -0.2) is 24.5 Å². The molecular formula is C18H20N6S. The maximum absolute atomic E-state index is 4.65. The van der Waals surface area contributed by atoms with Gasteiger partial charge in [0.25, 0.3) is 0 Å². The molecule has 4 aromatic rings. The monoisotopic (exact) mass is 352 g/mol. The molecule has 6 nitrogen and oxygen atoms in total. The van der Waals surface area contributed by atoms with Gasteiger partial charge in [-0.1, -0.05) is 12.1 Å². The quantitative estimate of drug-likeness (QED) is 0.593. The average molecular weight is 352 g/mol. The second-order valence-electron chi connectivity index (χ2n) is 5.89. The molecule has 1 atom stereocenters. The van der Waals surface area contributed by atoms with E-state index in [0.29, 0.717) is 5.95 Å². The van der Waals surface area contributed by atoms with Crippen molar-refractivity contribution in [3.63, 3.8) is 0 Å². The zero-order valence-corrected chi connectivity index (χ0v) is 15.1. The molecule has 4 rings (SSSR count). The fraction of sp³-hybridized carbons (Fsp3) is 0.222. The number of aromatic nitrogens is 5. The van der Waals surface area contributed by atoms with Gasteiger partial charge in [-0.2, -0.15) is 4.98 Å². The van der Waals surface area contributed by atoms with Crippen LogP contribution in [-0.2, 0) is 0 Å². The number of anilines is 1. The van der Waals surface area contributed by atoms with E-state index < -0.39 is 0 Å². The highest BCUT2D eigenvalue weighted by molar-refractivity contribution is 7.11. The molecule has 1 unspecified atom stereocenters. The van der Waals surface area contributed by atoms with Crippen LogP contribution in [0, 0.1) is 13.8 Å². The summed E-state index contributed by atoms with van der Waals surface area (Å²) in [5.41, 5.74) is 3.02. The first kappa shape index (κ1) is 15.7. The number of fused-ring (bicyclic) bond motifs is 1. The van der Waals surface area contributed by atoms with Crippen LogP contribution in [0.4, 0.5) is 5.95 Å². The van der Waals surface area contributed by atoms with Crippen molar-refractivity contribution in [1.29, 1.82) is 0 Å². The first-order valence-electron chi connectivity index (χ1n) is 8.08. The first-order chi connectivity index (χ1) is 12.1. The minimum Gasteiger partial charge on any atom is -0.347 e. The van der Waals surface area contributed by atoms with Crippen LogP contribution >= 0.6 is 11.3 Å². The lowest BCUT2D eigenvalue weighted by atomic mass is 10.2. The summed E-state index contributed by atoms with van der Waals surface area (Å²) >= 11 is 1.70. The maximum atomic E-state index is 4.65. The van der Waals surface area contributed by atoms with Gasteiger partial charge in [0.05, 0.1) is 27.8 Å². The fourth-order valence-electron chi connectivity index (χ4n) is 2.90. The van der Waals surface area contributed by atoms with Crippen LogP contribution in [0.25, 0.3) is 16.9 Å². The van der Waals surface area contributed by atoms with E-state index in [1.807, 2.05) is 48.7 Å². The Hall–Kier alpha value is -2.80. The van der Waals surface area contributed by atoms with Gasteiger partial charge in [-0.3, -0.25) is 4.57 Å². The van der Waals surface area contributed by atoms with E-state index in [4.69, 9.17) is 0 Å². The molecule has 0 amide bonds. The number of benzene rings is 1. The maximum Gasteiger partial charge on any atom is 0.225 e. The third-order valence-corrected chi connectivity index (χ3v) is 5.28. The van der Waals surface area contributed by atoms with Gasteiger partial charge >= 0.3 is 0 Å². The van der Waals surface area contributed by atoms with Gasteiger partial charge in [0.2, 0.25) is 5.95 Å². The second kappa shape index (κ2) is 6.25. The normalized spacial score (nSPS) is 12.4. The van der Waals surface area contributed by atoms with Gasteiger partial charge in [-0.25, -0.2) is 15.0 Å². The number of hydrogen-bond donors (Lipinski definition) is 1. The topological polar surface area (TPSA) is 68.5 Å². The van der Waals surface area contributed by atoms with Crippen LogP contribution in [0.3, 0.4) is 0 Å². The van der Waals surface area contributed by atoms with Crippen molar-refractivity contribution in [1.82, 2.24) is 24.5 Å². The number of rotatable bonds is 4. The molecule has 0 aliphatic rings. The molecule has 0 aliphatic carbocycles. The summed E-state index contributed by atoms with van der Waals surface area (Å²) in [4.78, 5) is 19.1. The summed E-state index contributed by atoms with van der Waals surface area (Å²) in [5, 5.41) is 4.45. The van der Waals surface area contributed by atoms with Gasteiger partial charge in [-0.05, 0) is 39.0 Å². The van der Waals surface area contributed by atoms with Crippen LogP contribution < -0.4 is 5.32 Å². The minimum atomic E-state index is 0. The summed E-state index contributed by atoms with van der Waals surface area (Å²) in [6.07, 6.45) is 3.55. The van der Waals surface area contributed by atoms with Gasteiger partial charge in [0.1, 0.15) is 12.1 Å². The smallest absolute Gasteiger partial charge is 0.225 e. The lowest BCUT2D eigenvalue weighted by Gasteiger charge is -2.13. The molecule has 25 heavy (non-hydrogen) atoms. The molecule has 1 N–H and O–H groups in total. The van der Waals surface area contributed by atoms with Crippen molar-refractivity contribution < 1.29 is 1.43 Å². The Kier molecular flexibility index (Phi) is 3.93. The van der Waals surface area contributed by atoms with E-state index in [1.54, 1.807) is 23.9 Å². The average Bonchev–Trinajstić information content (AvgIpc) is 3.18. The Morgan fingerprint density at radius 2 is 1.96 bits per heavy atom. The van der Waals surface area contributed by atoms with Gasteiger partial charge in [0, 0.05) is 12.5 Å². The van der Waals surface area contributed by atoms with E-state index in [2.05, 4.69) is 32.2 Å². The van der Waals surface area contributed by atoms with Crippen LogP contribution in [0.5, 0.6) is 0 Å². The molecule has 3 heterocycles. The summed E-state index contributed by atoms with van der Waals surface area (Å²) in [5.74, 6) is 1.38. The highest BCUT2D eigenvalue weighted by Gasteiger charge is 2.14. The predicted molar refractivity (Wildman–Crippen MR) is 102 cm³/mol. The number of para-hydroxylation sites is 2. The van der Waals surface area contributed by atoms with Crippen molar-refractivity contribution in [3.05, 3.63) is 58.4 Å². The van der Waals surface area contributed by atoms with Crippen molar-refractivity contribution in [2.75, 3.05) is 5.32 Å². The number of aryl methyl sites for hydroxylation is 2. The van der Waals surface area contributed by atoms with E-state index in [9.17, 15) is 0 Å². The molecule has 3 aromatic heterocycles. The second-order valence-corrected chi connectivity index (χ2v) is 7.13. The number of hydrogen-bond acceptors (Lipinski definition) is 6. The Morgan fingerprint density at radius 3 is 2.76 bits per heavy atom. The molecule has 0 saturated carbocycles. The summed E-state index contributed by atoms with van der Waals surface area (Å²) in [7, 11) is 0. The Morgan fingerprint density at radius 1 is 1.12 bits per heavy atom. The summed E-state index contributed by atoms with van der Waals surface area (Å²) < 4.78 is 1.97. The van der Waals surface area contributed by atoms with Crippen molar-refractivity contribution in [3.8, 4) is 5.82 Å². The van der Waals surface area contributed by atoms with E-state index in [-0.39, 0.29) is 7.47 Å². The standard InChI is InChI=1S/C18H18N6S.H2/c1-11-17(25-13(3)21-11)12(2)22-18-19-9-8-16(23-18)24-10-20-14-6-4-5-7-15(14)24;/h4-10,12H,1-3H3,(H,19,22,23);1H. The Balaban J connectivity index is 0.00000196. The van der Waals surface area contributed by atoms with Crippen molar-refractivity contribution >= 4 is 28.3 Å². The number of imidazole rings is 1. The largest absolute Gasteiger partial charge is 0.347 e. The number of nitrogens with zero attached hydrogens (tertiary/aromatic N) is 5. The molecule has 128 valence electrons. The number of nitrogens with one attached hydrogen (secondary N) is 1. The fourth-order valence-corrected chi connectivity index (χ4v) is 3.83. The summed E-state index contributed by atoms with van der Waals surface area (Å²) in [6, 6.07) is 9.98. The van der Waals surface area contributed by atoms with Crippen molar-refractivity contribution in [2.24, 2.45) is 0 Å². The zero-order valence-electron chi connectivity index (χ0n) is 14.3. The molecule has 0 saturated heterocycles. The van der Waals surface area contributed by atoms with E-state index >= 15 is 0 Å². The van der Waals surface area contributed by atoms with Crippen LogP contribution in [0.1, 0.15) is 30.0 Å². The zero-order chi connectivity index (χ0) is 17.4. The molecule has 0 radical (unpaired) electrons. The van der Waals surface area contributed by atoms with Gasteiger partial charge in [-0.15, -0.1) is 11.3 Å². The highest BCUT2D eigenvalue weighted by Crippen LogP contribution is 2.26. The lowest BCUT2D eigenvalue weighted by molar-refractivity contribution is 0.859. The SMILES string of the molecule is Cc1nc(C)c(C(C)Nc2nccc(-n3cnc4ccccc43)n2)s1.[HH]. The predicted octanol–water partition coefficient (Wildman–Crippen LogP) is 4.31. The molecule has 0 aliphatic heterocycles. The minimum absolute atomic E-state index is 0. The molecular weight excluding hydrogens is 332 g/mol. The third-order valence-electron chi connectivity index (χ3n) is 4.02. The summed E-state index contributed by atoms with van der Waals surface area (Å²) in [6.45, 7) is 6.16. The van der Waals surface area contributed by atoms with Crippen LogP contribution in [0.15, 0.2) is 42.9 Å².